The molecule has 0 aromatic heterocycles. The summed E-state index contributed by atoms with van der Waals surface area (Å²) >= 11 is 5.88. The average molecular weight is 469 g/mol. The SMILES string of the molecule is CC(C)C(=O)Nc1cccc(C2CCN(CCCCCCC(=O)c3ccc(Cl)cc3)CC2)c1. The van der Waals surface area contributed by atoms with Gasteiger partial charge in [0.2, 0.25) is 5.91 Å². The van der Waals surface area contributed by atoms with Crippen molar-refractivity contribution in [2.45, 2.75) is 64.7 Å². The zero-order valence-corrected chi connectivity index (χ0v) is 20.7. The van der Waals surface area contributed by atoms with Crippen LogP contribution in [0.2, 0.25) is 5.02 Å². The lowest BCUT2D eigenvalue weighted by Crippen LogP contribution is -2.33. The molecule has 0 radical (unpaired) electrons. The lowest BCUT2D eigenvalue weighted by Gasteiger charge is -2.32. The third-order valence-electron chi connectivity index (χ3n) is 6.53. The molecule has 1 aliphatic rings. The number of benzene rings is 2. The molecule has 3 rings (SSSR count). The largest absolute Gasteiger partial charge is 0.326 e. The van der Waals surface area contributed by atoms with Gasteiger partial charge >= 0.3 is 0 Å². The number of anilines is 1. The van der Waals surface area contributed by atoms with E-state index in [0.717, 1.165) is 56.6 Å². The maximum absolute atomic E-state index is 12.2. The summed E-state index contributed by atoms with van der Waals surface area (Å²) in [6, 6.07) is 15.5. The number of piperidine rings is 1. The van der Waals surface area contributed by atoms with Gasteiger partial charge in [0.15, 0.2) is 5.78 Å². The van der Waals surface area contributed by atoms with Crippen molar-refractivity contribution in [2.75, 3.05) is 25.0 Å². The Kier molecular flexibility index (Phi) is 9.95. The van der Waals surface area contributed by atoms with E-state index in [2.05, 4.69) is 28.4 Å². The van der Waals surface area contributed by atoms with Crippen molar-refractivity contribution in [1.82, 2.24) is 4.90 Å². The van der Waals surface area contributed by atoms with E-state index in [0.29, 0.717) is 17.4 Å². The Morgan fingerprint density at radius 2 is 1.70 bits per heavy atom. The second-order valence-corrected chi connectivity index (χ2v) is 9.92. The Balaban J connectivity index is 1.30. The number of amides is 1. The summed E-state index contributed by atoms with van der Waals surface area (Å²) in [6.07, 6.45) is 7.36. The van der Waals surface area contributed by atoms with Crippen molar-refractivity contribution in [2.24, 2.45) is 5.92 Å². The Morgan fingerprint density at radius 1 is 1.00 bits per heavy atom. The van der Waals surface area contributed by atoms with Gasteiger partial charge in [0, 0.05) is 28.6 Å². The summed E-state index contributed by atoms with van der Waals surface area (Å²) in [7, 11) is 0. The quantitative estimate of drug-likeness (QED) is 0.287. The molecule has 0 saturated carbocycles. The van der Waals surface area contributed by atoms with Crippen molar-refractivity contribution >= 4 is 29.0 Å². The summed E-state index contributed by atoms with van der Waals surface area (Å²) in [5, 5.41) is 3.68. The molecule has 0 aliphatic carbocycles. The van der Waals surface area contributed by atoms with E-state index < -0.39 is 0 Å². The van der Waals surface area contributed by atoms with Crippen molar-refractivity contribution in [3.05, 3.63) is 64.7 Å². The van der Waals surface area contributed by atoms with Gasteiger partial charge < -0.3 is 10.2 Å². The fourth-order valence-corrected chi connectivity index (χ4v) is 4.53. The van der Waals surface area contributed by atoms with Crippen LogP contribution in [0.1, 0.15) is 80.6 Å². The number of hydrogen-bond acceptors (Lipinski definition) is 3. The molecule has 2 aromatic carbocycles. The smallest absolute Gasteiger partial charge is 0.226 e. The molecule has 2 aromatic rings. The van der Waals surface area contributed by atoms with Crippen LogP contribution >= 0.6 is 11.6 Å². The van der Waals surface area contributed by atoms with Gasteiger partial charge in [-0.25, -0.2) is 0 Å². The summed E-state index contributed by atoms with van der Waals surface area (Å²) in [4.78, 5) is 26.8. The third-order valence-corrected chi connectivity index (χ3v) is 6.78. The lowest BCUT2D eigenvalue weighted by atomic mass is 9.89. The zero-order chi connectivity index (χ0) is 23.6. The average Bonchev–Trinajstić information content (AvgIpc) is 2.82. The first-order chi connectivity index (χ1) is 15.9. The Labute approximate surface area is 203 Å². The van der Waals surface area contributed by atoms with Crippen LogP contribution in [0.3, 0.4) is 0 Å². The Hall–Kier alpha value is -2.17. The Bertz CT molecular complexity index is 902. The second-order valence-electron chi connectivity index (χ2n) is 9.48. The highest BCUT2D eigenvalue weighted by atomic mass is 35.5. The van der Waals surface area contributed by atoms with Gasteiger partial charge in [0.1, 0.15) is 0 Å². The van der Waals surface area contributed by atoms with Crippen LogP contribution in [0.5, 0.6) is 0 Å². The minimum absolute atomic E-state index is 0.0131. The van der Waals surface area contributed by atoms with Crippen molar-refractivity contribution in [3.63, 3.8) is 0 Å². The number of nitrogens with zero attached hydrogens (tertiary/aromatic N) is 1. The molecule has 1 amide bonds. The summed E-state index contributed by atoms with van der Waals surface area (Å²) in [5.41, 5.74) is 3.00. The number of halogens is 1. The van der Waals surface area contributed by atoms with Gasteiger partial charge in [-0.05, 0) is 93.2 Å². The molecule has 4 nitrogen and oxygen atoms in total. The predicted molar refractivity (Wildman–Crippen MR) is 137 cm³/mol. The number of likely N-dealkylation sites (tertiary alicyclic amines) is 1. The van der Waals surface area contributed by atoms with Gasteiger partial charge in [-0.2, -0.15) is 0 Å². The molecule has 1 aliphatic heterocycles. The molecule has 0 atom stereocenters. The van der Waals surface area contributed by atoms with Crippen LogP contribution in [-0.4, -0.2) is 36.2 Å². The van der Waals surface area contributed by atoms with Gasteiger partial charge in [0.25, 0.3) is 0 Å². The molecule has 178 valence electrons. The molecule has 0 unspecified atom stereocenters. The minimum Gasteiger partial charge on any atom is -0.326 e. The van der Waals surface area contributed by atoms with E-state index in [-0.39, 0.29) is 17.6 Å². The highest BCUT2D eigenvalue weighted by molar-refractivity contribution is 6.30. The molecule has 1 fully saturated rings. The molecule has 0 spiro atoms. The van der Waals surface area contributed by atoms with Crippen LogP contribution in [0.4, 0.5) is 5.69 Å². The van der Waals surface area contributed by atoms with E-state index in [9.17, 15) is 9.59 Å². The molecule has 33 heavy (non-hydrogen) atoms. The maximum atomic E-state index is 12.2. The van der Waals surface area contributed by atoms with E-state index in [1.165, 1.54) is 18.4 Å². The first kappa shape index (κ1) is 25.5. The number of carbonyl (C=O) groups excluding carboxylic acids is 2. The van der Waals surface area contributed by atoms with E-state index in [1.807, 2.05) is 32.0 Å². The summed E-state index contributed by atoms with van der Waals surface area (Å²) in [6.45, 7) is 7.22. The van der Waals surface area contributed by atoms with Crippen molar-refractivity contribution in [3.8, 4) is 0 Å². The van der Waals surface area contributed by atoms with Gasteiger partial charge in [0.05, 0.1) is 0 Å². The fourth-order valence-electron chi connectivity index (χ4n) is 4.40. The van der Waals surface area contributed by atoms with E-state index in [1.54, 1.807) is 12.1 Å². The van der Waals surface area contributed by atoms with E-state index >= 15 is 0 Å². The number of Topliss-reactive ketones (excluding diaryl/α,β-unsaturated/α-hetero) is 1. The first-order valence-corrected chi connectivity index (χ1v) is 12.7. The molecule has 5 heteroatoms. The maximum Gasteiger partial charge on any atom is 0.226 e. The Morgan fingerprint density at radius 3 is 2.39 bits per heavy atom. The van der Waals surface area contributed by atoms with E-state index in [4.69, 9.17) is 11.6 Å². The van der Waals surface area contributed by atoms with Crippen LogP contribution in [-0.2, 0) is 4.79 Å². The topological polar surface area (TPSA) is 49.4 Å². The molecule has 1 heterocycles. The monoisotopic (exact) mass is 468 g/mol. The summed E-state index contributed by atoms with van der Waals surface area (Å²) in [5.74, 6) is 0.829. The first-order valence-electron chi connectivity index (χ1n) is 12.3. The standard InChI is InChI=1S/C28H37ClN2O2/c1-21(2)28(33)30-26-9-7-8-24(20-26)22-15-18-31(19-16-22)17-6-4-3-5-10-27(32)23-11-13-25(29)14-12-23/h7-9,11-14,20-22H,3-6,10,15-19H2,1-2H3,(H,30,33). The zero-order valence-electron chi connectivity index (χ0n) is 20.0. The minimum atomic E-state index is -0.0131. The predicted octanol–water partition coefficient (Wildman–Crippen LogP) is 6.95. The van der Waals surface area contributed by atoms with Crippen LogP contribution in [0, 0.1) is 5.92 Å². The molecule has 0 bridgehead atoms. The van der Waals surface area contributed by atoms with Crippen molar-refractivity contribution in [1.29, 1.82) is 0 Å². The van der Waals surface area contributed by atoms with Gasteiger partial charge in [-0.1, -0.05) is 50.4 Å². The fraction of sp³-hybridized carbons (Fsp3) is 0.500. The highest BCUT2D eigenvalue weighted by Crippen LogP contribution is 2.30. The van der Waals surface area contributed by atoms with Crippen LogP contribution < -0.4 is 5.32 Å². The third kappa shape index (κ3) is 8.28. The number of hydrogen-bond donors (Lipinski definition) is 1. The molecular weight excluding hydrogens is 432 g/mol. The number of nitrogens with one attached hydrogen (secondary N) is 1. The number of ketones is 1. The highest BCUT2D eigenvalue weighted by Gasteiger charge is 2.20. The van der Waals surface area contributed by atoms with Crippen molar-refractivity contribution < 1.29 is 9.59 Å². The normalized spacial score (nSPS) is 15.0. The molecule has 1 N–H and O–H groups in total. The number of unbranched alkanes of at least 4 members (excludes halogenated alkanes) is 3. The summed E-state index contributed by atoms with van der Waals surface area (Å²) < 4.78 is 0. The second kappa shape index (κ2) is 12.9. The lowest BCUT2D eigenvalue weighted by molar-refractivity contribution is -0.118. The number of carbonyl (C=O) groups is 2. The molecule has 1 saturated heterocycles. The van der Waals surface area contributed by atoms with Crippen LogP contribution in [0.15, 0.2) is 48.5 Å². The van der Waals surface area contributed by atoms with Gasteiger partial charge in [-0.3, -0.25) is 9.59 Å². The molecular formula is C28H37ClN2O2. The number of rotatable bonds is 11. The van der Waals surface area contributed by atoms with Crippen LogP contribution in [0.25, 0.3) is 0 Å². The van der Waals surface area contributed by atoms with Gasteiger partial charge in [-0.15, -0.1) is 0 Å².